The molecule has 0 bridgehead atoms. The van der Waals surface area contributed by atoms with Crippen LogP contribution in [0.1, 0.15) is 119 Å². The molecular weight excluding hydrogens is 416 g/mol. The summed E-state index contributed by atoms with van der Waals surface area (Å²) in [6, 6.07) is 15.1. The third-order valence-electron chi connectivity index (χ3n) is 6.73. The average Bonchev–Trinajstić information content (AvgIpc) is 2.86. The fraction of sp³-hybridized carbons (Fsp3) is 0.531. The van der Waals surface area contributed by atoms with E-state index in [0.29, 0.717) is 0 Å². The second-order valence-electron chi connectivity index (χ2n) is 9.37. The van der Waals surface area contributed by atoms with Crippen molar-refractivity contribution in [3.05, 3.63) is 76.4 Å². The molecule has 0 radical (unpaired) electrons. The van der Waals surface area contributed by atoms with Crippen LogP contribution in [0.3, 0.4) is 0 Å². The van der Waals surface area contributed by atoms with Gasteiger partial charge in [0.2, 0.25) is 0 Å². The Kier molecular flexibility index (Phi) is 14.0. The van der Waals surface area contributed by atoms with E-state index in [1.807, 2.05) is 18.2 Å². The normalized spacial score (nSPS) is 11.4. The fourth-order valence-corrected chi connectivity index (χ4v) is 4.91. The van der Waals surface area contributed by atoms with Gasteiger partial charge in [0.15, 0.2) is 0 Å². The van der Waals surface area contributed by atoms with Gasteiger partial charge in [-0.2, -0.15) is 0 Å². The second kappa shape index (κ2) is 16.8. The maximum Gasteiger partial charge on any atom is 0.0449 e. The molecule has 0 N–H and O–H groups in total. The third-order valence-corrected chi connectivity index (χ3v) is 7.11. The molecule has 0 aliphatic carbocycles. The van der Waals surface area contributed by atoms with Gasteiger partial charge in [0.05, 0.1) is 0 Å². The number of hydrogen-bond donors (Lipinski definition) is 0. The first-order valence-electron chi connectivity index (χ1n) is 13.6. The Balaban J connectivity index is 1.83. The Morgan fingerprint density at radius 2 is 1.21 bits per heavy atom. The van der Waals surface area contributed by atoms with Crippen LogP contribution in [0.15, 0.2) is 48.5 Å². The quantitative estimate of drug-likeness (QED) is 0.0975. The highest BCUT2D eigenvalue weighted by molar-refractivity contribution is 7.81. The molecular formula is C32H46S. The molecule has 0 amide bonds. The predicted octanol–water partition coefficient (Wildman–Crippen LogP) is 10.1. The highest BCUT2D eigenvalue weighted by atomic mass is 32.1. The number of unbranched alkanes of at least 4 members (excludes halogenated alkanes) is 10. The van der Waals surface area contributed by atoms with Crippen molar-refractivity contribution < 1.29 is 0 Å². The summed E-state index contributed by atoms with van der Waals surface area (Å²) in [6.07, 6.45) is 23.2. The van der Waals surface area contributed by atoms with Crippen molar-refractivity contribution in [3.63, 3.8) is 0 Å². The van der Waals surface area contributed by atoms with Gasteiger partial charge in [-0.3, -0.25) is 0 Å². The molecule has 0 aliphatic heterocycles. The molecule has 0 saturated carbocycles. The smallest absolute Gasteiger partial charge is 0.0449 e. The number of allylic oxidation sites excluding steroid dienone is 1. The van der Waals surface area contributed by atoms with Gasteiger partial charge in [-0.25, -0.2) is 0 Å². The van der Waals surface area contributed by atoms with Crippen LogP contribution >= 0.6 is 12.2 Å². The molecule has 0 spiro atoms. The van der Waals surface area contributed by atoms with Gasteiger partial charge in [-0.15, -0.1) is 0 Å². The zero-order valence-electron chi connectivity index (χ0n) is 21.5. The van der Waals surface area contributed by atoms with E-state index < -0.39 is 0 Å². The molecule has 0 atom stereocenters. The molecule has 2 rings (SSSR count). The van der Waals surface area contributed by atoms with Gasteiger partial charge in [0.1, 0.15) is 0 Å². The summed E-state index contributed by atoms with van der Waals surface area (Å²) >= 11 is 5.61. The summed E-state index contributed by atoms with van der Waals surface area (Å²) in [5.41, 5.74) is 7.05. The van der Waals surface area contributed by atoms with Crippen molar-refractivity contribution >= 4 is 23.2 Å². The van der Waals surface area contributed by atoms with E-state index in [1.54, 1.807) is 5.56 Å². The largest absolute Gasteiger partial charge is 0.0795 e. The molecule has 0 aliphatic rings. The van der Waals surface area contributed by atoms with Crippen LogP contribution in [0.4, 0.5) is 0 Å². The first kappa shape index (κ1) is 27.5. The monoisotopic (exact) mass is 462 g/mol. The topological polar surface area (TPSA) is 0 Å². The Hall–Kier alpha value is -1.73. The lowest BCUT2D eigenvalue weighted by Crippen LogP contribution is -2.01. The average molecular weight is 463 g/mol. The first-order chi connectivity index (χ1) is 16.2. The minimum Gasteiger partial charge on any atom is -0.0795 e. The van der Waals surface area contributed by atoms with Gasteiger partial charge in [0.25, 0.3) is 0 Å². The number of aryl methyl sites for hydroxylation is 2. The summed E-state index contributed by atoms with van der Waals surface area (Å²) < 4.78 is 0. The molecule has 0 heterocycles. The van der Waals surface area contributed by atoms with Crippen LogP contribution in [0.25, 0.3) is 6.08 Å². The molecule has 0 fully saturated rings. The van der Waals surface area contributed by atoms with Gasteiger partial charge < -0.3 is 0 Å². The maximum absolute atomic E-state index is 5.61. The fourth-order valence-electron chi connectivity index (χ4n) is 4.71. The highest BCUT2D eigenvalue weighted by Gasteiger charge is 2.08. The molecule has 0 unspecified atom stereocenters. The molecule has 0 aromatic heterocycles. The lowest BCUT2D eigenvalue weighted by molar-refractivity contribution is 0.549. The predicted molar refractivity (Wildman–Crippen MR) is 153 cm³/mol. The van der Waals surface area contributed by atoms with E-state index in [-0.39, 0.29) is 0 Å². The van der Waals surface area contributed by atoms with Crippen LogP contribution in [0, 0.1) is 0 Å². The van der Waals surface area contributed by atoms with Crippen molar-refractivity contribution in [1.29, 1.82) is 0 Å². The van der Waals surface area contributed by atoms with Gasteiger partial charge in [0, 0.05) is 4.86 Å². The van der Waals surface area contributed by atoms with Gasteiger partial charge in [-0.05, 0) is 59.6 Å². The summed E-state index contributed by atoms with van der Waals surface area (Å²) in [5, 5.41) is 0. The Bertz CT molecular complexity index is 806. The van der Waals surface area contributed by atoms with E-state index in [0.717, 1.165) is 23.3 Å². The van der Waals surface area contributed by atoms with Crippen molar-refractivity contribution in [3.8, 4) is 0 Å². The standard InChI is InChI=1S/C32H46S/c1-4-7-8-9-10-11-12-13-14-15-19-22-31-28(5-2)25-27(26-29(31)6-3)23-24-32(33)30-20-17-16-18-21-30/h16-18,20-21,23-26H,4-15,19,22H2,1-3H3. The lowest BCUT2D eigenvalue weighted by atomic mass is 9.90. The Morgan fingerprint density at radius 1 is 0.697 bits per heavy atom. The number of hydrogen-bond acceptors (Lipinski definition) is 1. The van der Waals surface area contributed by atoms with E-state index >= 15 is 0 Å². The van der Waals surface area contributed by atoms with Gasteiger partial charge >= 0.3 is 0 Å². The molecule has 33 heavy (non-hydrogen) atoms. The lowest BCUT2D eigenvalue weighted by Gasteiger charge is -2.15. The van der Waals surface area contributed by atoms with E-state index in [2.05, 4.69) is 57.2 Å². The highest BCUT2D eigenvalue weighted by Crippen LogP contribution is 2.23. The van der Waals surface area contributed by atoms with Gasteiger partial charge in [-0.1, -0.05) is 146 Å². The first-order valence-corrected chi connectivity index (χ1v) is 14.0. The number of thiocarbonyl (C=S) groups is 1. The van der Waals surface area contributed by atoms with Crippen LogP contribution < -0.4 is 0 Å². The van der Waals surface area contributed by atoms with E-state index in [9.17, 15) is 0 Å². The van der Waals surface area contributed by atoms with Crippen LogP contribution in [0.2, 0.25) is 0 Å². The molecule has 2 aromatic carbocycles. The molecule has 1 heteroatoms. The van der Waals surface area contributed by atoms with Crippen LogP contribution in [-0.4, -0.2) is 4.86 Å². The van der Waals surface area contributed by atoms with Crippen molar-refractivity contribution in [2.24, 2.45) is 0 Å². The summed E-state index contributed by atoms with van der Waals surface area (Å²) in [6.45, 7) is 6.88. The van der Waals surface area contributed by atoms with E-state index in [1.165, 1.54) is 93.7 Å². The molecule has 0 nitrogen and oxygen atoms in total. The molecule has 0 saturated heterocycles. The number of benzene rings is 2. The Morgan fingerprint density at radius 3 is 1.73 bits per heavy atom. The summed E-state index contributed by atoms with van der Waals surface area (Å²) in [4.78, 5) is 0.900. The van der Waals surface area contributed by atoms with Crippen LogP contribution in [0.5, 0.6) is 0 Å². The molecule has 2 aromatic rings. The second-order valence-corrected chi connectivity index (χ2v) is 9.81. The summed E-state index contributed by atoms with van der Waals surface area (Å²) in [7, 11) is 0. The number of rotatable bonds is 17. The minimum absolute atomic E-state index is 0.900. The zero-order valence-corrected chi connectivity index (χ0v) is 22.3. The SMILES string of the molecule is CCCCCCCCCCCCCc1c(CC)cc(C=CC(=S)c2ccccc2)cc1CC. The van der Waals surface area contributed by atoms with Crippen molar-refractivity contribution in [2.45, 2.75) is 111 Å². The van der Waals surface area contributed by atoms with Crippen molar-refractivity contribution in [1.82, 2.24) is 0 Å². The Labute approximate surface area is 209 Å². The maximum atomic E-state index is 5.61. The van der Waals surface area contributed by atoms with E-state index in [4.69, 9.17) is 12.2 Å². The summed E-state index contributed by atoms with van der Waals surface area (Å²) in [5.74, 6) is 0. The molecule has 180 valence electrons. The van der Waals surface area contributed by atoms with Crippen LogP contribution in [-0.2, 0) is 19.3 Å². The zero-order chi connectivity index (χ0) is 23.7. The third kappa shape index (κ3) is 10.4. The minimum atomic E-state index is 0.900. The van der Waals surface area contributed by atoms with Crippen molar-refractivity contribution in [2.75, 3.05) is 0 Å².